The topological polar surface area (TPSA) is 98.9 Å². The minimum atomic E-state index is -3.50. The Labute approximate surface area is 142 Å². The number of amides is 1. The van der Waals surface area contributed by atoms with Gasteiger partial charge in [0, 0.05) is 32.4 Å². The number of hydrogen-bond acceptors (Lipinski definition) is 5. The molecule has 8 heteroatoms. The Kier molecular flexibility index (Phi) is 6.44. The Morgan fingerprint density at radius 2 is 1.88 bits per heavy atom. The Bertz CT molecular complexity index is 654. The molecule has 0 aliphatic carbocycles. The summed E-state index contributed by atoms with van der Waals surface area (Å²) in [5, 5.41) is 4.94. The second kappa shape index (κ2) is 8.34. The van der Waals surface area contributed by atoms with Gasteiger partial charge in [0.25, 0.3) is 0 Å². The second-order valence-corrected chi connectivity index (χ2v) is 7.55. The largest absolute Gasteiger partial charge is 0.493 e. The molecule has 1 amide bonds. The molecule has 134 valence electrons. The summed E-state index contributed by atoms with van der Waals surface area (Å²) in [4.78, 5) is 13.8. The van der Waals surface area contributed by atoms with Gasteiger partial charge in [0.05, 0.1) is 12.9 Å². The third-order valence-corrected chi connectivity index (χ3v) is 4.83. The average Bonchev–Trinajstić information content (AvgIpc) is 2.55. The number of carbonyl (C=O) groups excluding carboxylic acids is 1. The van der Waals surface area contributed by atoms with E-state index in [1.54, 1.807) is 12.0 Å². The van der Waals surface area contributed by atoms with Crippen LogP contribution in [0.2, 0.25) is 0 Å². The van der Waals surface area contributed by atoms with Gasteiger partial charge in [-0.25, -0.2) is 13.6 Å². The monoisotopic (exact) mass is 356 g/mol. The first-order valence-electron chi connectivity index (χ1n) is 7.97. The third kappa shape index (κ3) is 5.68. The lowest BCUT2D eigenvalue weighted by molar-refractivity contribution is -0.133. The summed E-state index contributed by atoms with van der Waals surface area (Å²) in [5.41, 5.74) is 0. The van der Waals surface area contributed by atoms with Gasteiger partial charge in [-0.1, -0.05) is 12.1 Å². The zero-order valence-corrected chi connectivity index (χ0v) is 14.6. The van der Waals surface area contributed by atoms with Crippen LogP contribution in [0.25, 0.3) is 0 Å². The average molecular weight is 356 g/mol. The van der Waals surface area contributed by atoms with E-state index in [4.69, 9.17) is 14.6 Å². The van der Waals surface area contributed by atoms with E-state index >= 15 is 0 Å². The highest BCUT2D eigenvalue weighted by Crippen LogP contribution is 2.29. The molecular formula is C16H24N2O5S. The number of para-hydroxylation sites is 2. The minimum absolute atomic E-state index is 0.0330. The van der Waals surface area contributed by atoms with Crippen molar-refractivity contribution in [1.29, 1.82) is 0 Å². The fraction of sp³-hybridized carbons (Fsp3) is 0.562. The SMILES string of the molecule is COc1ccccc1OC1CCN(C(=O)CCCS(N)(=O)=O)CC1. The minimum Gasteiger partial charge on any atom is -0.493 e. The fourth-order valence-electron chi connectivity index (χ4n) is 2.70. The molecule has 1 aliphatic rings. The maximum Gasteiger partial charge on any atom is 0.222 e. The lowest BCUT2D eigenvalue weighted by Crippen LogP contribution is -2.41. The summed E-state index contributed by atoms with van der Waals surface area (Å²) in [7, 11) is -1.90. The van der Waals surface area contributed by atoms with Crippen LogP contribution >= 0.6 is 0 Å². The van der Waals surface area contributed by atoms with Crippen molar-refractivity contribution in [3.63, 3.8) is 0 Å². The molecule has 2 N–H and O–H groups in total. The first-order chi connectivity index (χ1) is 11.4. The number of sulfonamides is 1. The van der Waals surface area contributed by atoms with Gasteiger partial charge in [-0.15, -0.1) is 0 Å². The lowest BCUT2D eigenvalue weighted by Gasteiger charge is -2.32. The van der Waals surface area contributed by atoms with Gasteiger partial charge in [0.1, 0.15) is 6.10 Å². The van der Waals surface area contributed by atoms with Crippen molar-refractivity contribution in [2.75, 3.05) is 26.0 Å². The van der Waals surface area contributed by atoms with Crippen molar-refractivity contribution in [3.05, 3.63) is 24.3 Å². The van der Waals surface area contributed by atoms with Gasteiger partial charge in [-0.3, -0.25) is 4.79 Å². The molecule has 1 aliphatic heterocycles. The van der Waals surface area contributed by atoms with Crippen molar-refractivity contribution < 1.29 is 22.7 Å². The van der Waals surface area contributed by atoms with E-state index in [-0.39, 0.29) is 30.6 Å². The standard InChI is InChI=1S/C16H24N2O5S/c1-22-14-5-2-3-6-15(14)23-13-8-10-18(11-9-13)16(19)7-4-12-24(17,20)21/h2-3,5-6,13H,4,7-12H2,1H3,(H2,17,20,21). The number of nitrogens with zero attached hydrogens (tertiary/aromatic N) is 1. The second-order valence-electron chi connectivity index (χ2n) is 5.82. The van der Waals surface area contributed by atoms with E-state index < -0.39 is 10.0 Å². The Morgan fingerprint density at radius 3 is 2.46 bits per heavy atom. The zero-order valence-electron chi connectivity index (χ0n) is 13.8. The van der Waals surface area contributed by atoms with Crippen LogP contribution in [0.5, 0.6) is 11.5 Å². The smallest absolute Gasteiger partial charge is 0.222 e. The molecule has 0 aromatic heterocycles. The van der Waals surface area contributed by atoms with Gasteiger partial charge in [-0.05, 0) is 18.6 Å². The van der Waals surface area contributed by atoms with Crippen LogP contribution in [-0.2, 0) is 14.8 Å². The number of rotatable bonds is 7. The summed E-state index contributed by atoms with van der Waals surface area (Å²) < 4.78 is 33.0. The Morgan fingerprint density at radius 1 is 1.25 bits per heavy atom. The molecule has 7 nitrogen and oxygen atoms in total. The van der Waals surface area contributed by atoms with E-state index in [9.17, 15) is 13.2 Å². The highest BCUT2D eigenvalue weighted by molar-refractivity contribution is 7.89. The number of methoxy groups -OCH3 is 1. The summed E-state index contributed by atoms with van der Waals surface area (Å²) in [6, 6.07) is 7.49. The number of carbonyl (C=O) groups is 1. The molecule has 1 saturated heterocycles. The maximum absolute atomic E-state index is 12.1. The van der Waals surface area contributed by atoms with Gasteiger partial charge in [-0.2, -0.15) is 0 Å². The molecule has 0 bridgehead atoms. The first-order valence-corrected chi connectivity index (χ1v) is 9.68. The highest BCUT2D eigenvalue weighted by atomic mass is 32.2. The van der Waals surface area contributed by atoms with Crippen molar-refractivity contribution in [3.8, 4) is 11.5 Å². The summed E-state index contributed by atoms with van der Waals surface area (Å²) in [5.74, 6) is 1.21. The predicted molar refractivity (Wildman–Crippen MR) is 90.4 cm³/mol. The number of likely N-dealkylation sites (tertiary alicyclic amines) is 1. The quantitative estimate of drug-likeness (QED) is 0.790. The molecule has 1 fully saturated rings. The number of primary sulfonamides is 1. The predicted octanol–water partition coefficient (Wildman–Crippen LogP) is 1.13. The molecule has 0 unspecified atom stereocenters. The molecule has 1 aromatic rings. The van der Waals surface area contributed by atoms with Crippen LogP contribution in [0.15, 0.2) is 24.3 Å². The molecule has 0 spiro atoms. The van der Waals surface area contributed by atoms with Gasteiger partial charge < -0.3 is 14.4 Å². The van der Waals surface area contributed by atoms with E-state index in [0.29, 0.717) is 24.6 Å². The van der Waals surface area contributed by atoms with Crippen LogP contribution in [0.1, 0.15) is 25.7 Å². The van der Waals surface area contributed by atoms with Gasteiger partial charge >= 0.3 is 0 Å². The van der Waals surface area contributed by atoms with Crippen molar-refractivity contribution in [1.82, 2.24) is 4.90 Å². The molecule has 1 heterocycles. The first kappa shape index (κ1) is 18.5. The van der Waals surface area contributed by atoms with Crippen molar-refractivity contribution >= 4 is 15.9 Å². The third-order valence-electron chi connectivity index (χ3n) is 3.98. The van der Waals surface area contributed by atoms with Crippen molar-refractivity contribution in [2.24, 2.45) is 5.14 Å². The van der Waals surface area contributed by atoms with Crippen LogP contribution in [0.4, 0.5) is 0 Å². The summed E-state index contributed by atoms with van der Waals surface area (Å²) in [6.07, 6.45) is 1.97. The molecule has 1 aromatic carbocycles. The molecule has 0 atom stereocenters. The Balaban J connectivity index is 1.77. The Hall–Kier alpha value is -1.80. The molecular weight excluding hydrogens is 332 g/mol. The molecule has 2 rings (SSSR count). The summed E-state index contributed by atoms with van der Waals surface area (Å²) in [6.45, 7) is 1.21. The van der Waals surface area contributed by atoms with E-state index in [2.05, 4.69) is 0 Å². The lowest BCUT2D eigenvalue weighted by atomic mass is 10.1. The number of ether oxygens (including phenoxy) is 2. The van der Waals surface area contributed by atoms with Crippen LogP contribution < -0.4 is 14.6 Å². The number of piperidine rings is 1. The van der Waals surface area contributed by atoms with Crippen molar-refractivity contribution in [2.45, 2.75) is 31.8 Å². The zero-order chi connectivity index (χ0) is 17.6. The molecule has 24 heavy (non-hydrogen) atoms. The van der Waals surface area contributed by atoms with Gasteiger partial charge in [0.15, 0.2) is 11.5 Å². The highest BCUT2D eigenvalue weighted by Gasteiger charge is 2.24. The van der Waals surface area contributed by atoms with E-state index in [1.165, 1.54) is 0 Å². The number of hydrogen-bond donors (Lipinski definition) is 1. The van der Waals surface area contributed by atoms with Crippen LogP contribution in [0, 0.1) is 0 Å². The van der Waals surface area contributed by atoms with E-state index in [0.717, 1.165) is 12.8 Å². The van der Waals surface area contributed by atoms with Crippen LogP contribution in [0.3, 0.4) is 0 Å². The van der Waals surface area contributed by atoms with Gasteiger partial charge in [0.2, 0.25) is 15.9 Å². The maximum atomic E-state index is 12.1. The fourth-order valence-corrected chi connectivity index (χ4v) is 3.25. The summed E-state index contributed by atoms with van der Waals surface area (Å²) >= 11 is 0. The normalized spacial score (nSPS) is 16.0. The van der Waals surface area contributed by atoms with E-state index in [1.807, 2.05) is 24.3 Å². The molecule has 0 saturated carbocycles. The van der Waals surface area contributed by atoms with Crippen LogP contribution in [-0.4, -0.2) is 51.3 Å². The molecule has 0 radical (unpaired) electrons. The number of benzene rings is 1. The number of nitrogens with two attached hydrogens (primary N) is 1.